The van der Waals surface area contributed by atoms with Crippen LogP contribution in [-0.4, -0.2) is 15.3 Å². The molecule has 2 saturated carbocycles. The third kappa shape index (κ3) is 2.75. The van der Waals surface area contributed by atoms with E-state index in [1.165, 1.54) is 32.1 Å². The van der Waals surface area contributed by atoms with E-state index in [1.807, 2.05) is 17.8 Å². The molecule has 3 rings (SSSR count). The Morgan fingerprint density at radius 2 is 2.05 bits per heavy atom. The number of fused-ring (bicyclic) bond motifs is 1. The van der Waals surface area contributed by atoms with Crippen molar-refractivity contribution in [3.05, 3.63) is 18.2 Å². The van der Waals surface area contributed by atoms with Crippen molar-refractivity contribution < 1.29 is 4.79 Å². The molecular formula is C16H24N2O. The molecule has 0 spiro atoms. The van der Waals surface area contributed by atoms with Crippen molar-refractivity contribution in [2.45, 2.75) is 51.4 Å². The van der Waals surface area contributed by atoms with Gasteiger partial charge in [0.25, 0.3) is 0 Å². The summed E-state index contributed by atoms with van der Waals surface area (Å²) in [6.07, 6.45) is 13.3. The Kier molecular flexibility index (Phi) is 3.72. The minimum atomic E-state index is 0.302. The van der Waals surface area contributed by atoms with Crippen LogP contribution in [0.3, 0.4) is 0 Å². The fourth-order valence-electron chi connectivity index (χ4n) is 4.03. The van der Waals surface area contributed by atoms with Crippen LogP contribution < -0.4 is 0 Å². The highest BCUT2D eigenvalue weighted by Crippen LogP contribution is 2.43. The molecule has 19 heavy (non-hydrogen) atoms. The molecule has 3 unspecified atom stereocenters. The molecule has 0 N–H and O–H groups in total. The lowest BCUT2D eigenvalue weighted by Crippen LogP contribution is -2.32. The van der Waals surface area contributed by atoms with Gasteiger partial charge in [-0.25, -0.2) is 4.98 Å². The molecular weight excluding hydrogens is 236 g/mol. The molecule has 1 heterocycles. The van der Waals surface area contributed by atoms with Crippen LogP contribution in [0.5, 0.6) is 0 Å². The summed E-state index contributed by atoms with van der Waals surface area (Å²) in [7, 11) is 1.97. The summed E-state index contributed by atoms with van der Waals surface area (Å²) in [5.41, 5.74) is 0. The van der Waals surface area contributed by atoms with E-state index in [0.717, 1.165) is 30.5 Å². The fourth-order valence-corrected chi connectivity index (χ4v) is 4.03. The topological polar surface area (TPSA) is 34.9 Å². The Bertz CT molecular complexity index is 451. The van der Waals surface area contributed by atoms with E-state index >= 15 is 0 Å². The summed E-state index contributed by atoms with van der Waals surface area (Å²) in [4.78, 5) is 16.7. The van der Waals surface area contributed by atoms with Crippen molar-refractivity contribution in [3.63, 3.8) is 0 Å². The Hall–Kier alpha value is -1.12. The number of aryl methyl sites for hydroxylation is 1. The first-order valence-electron chi connectivity index (χ1n) is 7.73. The van der Waals surface area contributed by atoms with Crippen molar-refractivity contribution in [1.29, 1.82) is 0 Å². The normalized spacial score (nSPS) is 30.9. The van der Waals surface area contributed by atoms with E-state index in [2.05, 4.69) is 4.98 Å². The second-order valence-electron chi connectivity index (χ2n) is 6.41. The molecule has 2 aliphatic rings. The van der Waals surface area contributed by atoms with Gasteiger partial charge in [-0.15, -0.1) is 0 Å². The molecule has 0 aromatic carbocycles. The number of nitrogens with zero attached hydrogens (tertiary/aromatic N) is 2. The summed E-state index contributed by atoms with van der Waals surface area (Å²) < 4.78 is 1.96. The van der Waals surface area contributed by atoms with E-state index in [1.54, 1.807) is 6.20 Å². The van der Waals surface area contributed by atoms with Gasteiger partial charge in [0.1, 0.15) is 11.6 Å². The van der Waals surface area contributed by atoms with Crippen molar-refractivity contribution in [1.82, 2.24) is 9.55 Å². The van der Waals surface area contributed by atoms with E-state index in [4.69, 9.17) is 0 Å². The molecule has 0 saturated heterocycles. The predicted molar refractivity (Wildman–Crippen MR) is 74.7 cm³/mol. The molecule has 0 bridgehead atoms. The first kappa shape index (κ1) is 12.9. The van der Waals surface area contributed by atoms with Gasteiger partial charge >= 0.3 is 0 Å². The molecule has 0 aliphatic heterocycles. The standard InChI is InChI=1S/C16H24N2O/c1-18-9-8-17-16(18)11-15(19)14-7-6-12-4-2-3-5-13(12)10-14/h8-9,12-14H,2-7,10-11H2,1H3. The van der Waals surface area contributed by atoms with Gasteiger partial charge < -0.3 is 4.57 Å². The van der Waals surface area contributed by atoms with Crippen LogP contribution in [-0.2, 0) is 18.3 Å². The maximum atomic E-state index is 12.4. The fraction of sp³-hybridized carbons (Fsp3) is 0.750. The van der Waals surface area contributed by atoms with Gasteiger partial charge in [0.15, 0.2) is 0 Å². The SMILES string of the molecule is Cn1ccnc1CC(=O)C1CCC2CCCCC2C1. The Balaban J connectivity index is 1.60. The van der Waals surface area contributed by atoms with E-state index < -0.39 is 0 Å². The Morgan fingerprint density at radius 3 is 2.79 bits per heavy atom. The zero-order valence-electron chi connectivity index (χ0n) is 11.8. The lowest BCUT2D eigenvalue weighted by Gasteiger charge is -2.38. The summed E-state index contributed by atoms with van der Waals surface area (Å²) in [6.45, 7) is 0. The van der Waals surface area contributed by atoms with Crippen LogP contribution in [0.2, 0.25) is 0 Å². The molecule has 2 fully saturated rings. The molecule has 3 atom stereocenters. The highest BCUT2D eigenvalue weighted by atomic mass is 16.1. The van der Waals surface area contributed by atoms with Gasteiger partial charge in [-0.1, -0.05) is 25.7 Å². The zero-order chi connectivity index (χ0) is 13.2. The molecule has 3 heteroatoms. The molecule has 1 aromatic heterocycles. The van der Waals surface area contributed by atoms with Gasteiger partial charge in [0, 0.05) is 25.4 Å². The minimum Gasteiger partial charge on any atom is -0.338 e. The first-order chi connectivity index (χ1) is 9.24. The monoisotopic (exact) mass is 260 g/mol. The van der Waals surface area contributed by atoms with E-state index in [-0.39, 0.29) is 0 Å². The van der Waals surface area contributed by atoms with Crippen LogP contribution in [0.1, 0.15) is 50.8 Å². The number of carbonyl (C=O) groups is 1. The predicted octanol–water partition coefficient (Wildman–Crippen LogP) is 3.14. The maximum absolute atomic E-state index is 12.4. The largest absolute Gasteiger partial charge is 0.338 e. The third-order valence-corrected chi connectivity index (χ3v) is 5.25. The van der Waals surface area contributed by atoms with Crippen molar-refractivity contribution in [3.8, 4) is 0 Å². The van der Waals surface area contributed by atoms with Crippen LogP contribution >= 0.6 is 0 Å². The van der Waals surface area contributed by atoms with E-state index in [0.29, 0.717) is 18.1 Å². The Morgan fingerprint density at radius 1 is 1.26 bits per heavy atom. The van der Waals surface area contributed by atoms with Gasteiger partial charge in [0.2, 0.25) is 0 Å². The third-order valence-electron chi connectivity index (χ3n) is 5.25. The smallest absolute Gasteiger partial charge is 0.143 e. The average Bonchev–Trinajstić information content (AvgIpc) is 2.84. The number of Topliss-reactive ketones (excluding diaryl/α,β-unsaturated/α-hetero) is 1. The van der Waals surface area contributed by atoms with Gasteiger partial charge in [0.05, 0.1) is 6.42 Å². The highest BCUT2D eigenvalue weighted by Gasteiger charge is 2.34. The first-order valence-corrected chi connectivity index (χ1v) is 7.73. The number of aromatic nitrogens is 2. The van der Waals surface area contributed by atoms with Gasteiger partial charge in [-0.3, -0.25) is 4.79 Å². The summed E-state index contributed by atoms with van der Waals surface area (Å²) >= 11 is 0. The van der Waals surface area contributed by atoms with Crippen molar-refractivity contribution in [2.24, 2.45) is 24.8 Å². The lowest BCUT2D eigenvalue weighted by atomic mass is 9.66. The molecule has 3 nitrogen and oxygen atoms in total. The number of hydrogen-bond donors (Lipinski definition) is 0. The van der Waals surface area contributed by atoms with Crippen molar-refractivity contribution >= 4 is 5.78 Å². The van der Waals surface area contributed by atoms with Crippen molar-refractivity contribution in [2.75, 3.05) is 0 Å². The van der Waals surface area contributed by atoms with Crippen LogP contribution in [0.4, 0.5) is 0 Å². The van der Waals surface area contributed by atoms with E-state index in [9.17, 15) is 4.79 Å². The second kappa shape index (κ2) is 5.48. The number of carbonyl (C=O) groups excluding carboxylic acids is 1. The lowest BCUT2D eigenvalue weighted by molar-refractivity contribution is -0.124. The van der Waals surface area contributed by atoms with Gasteiger partial charge in [-0.2, -0.15) is 0 Å². The molecule has 0 radical (unpaired) electrons. The second-order valence-corrected chi connectivity index (χ2v) is 6.41. The molecule has 1 aromatic rings. The van der Waals surface area contributed by atoms with Crippen LogP contribution in [0, 0.1) is 17.8 Å². The average molecular weight is 260 g/mol. The highest BCUT2D eigenvalue weighted by molar-refractivity contribution is 5.82. The number of ketones is 1. The summed E-state index contributed by atoms with van der Waals surface area (Å²) in [5.74, 6) is 3.38. The van der Waals surface area contributed by atoms with Crippen LogP contribution in [0.25, 0.3) is 0 Å². The maximum Gasteiger partial charge on any atom is 0.143 e. The number of imidazole rings is 1. The number of hydrogen-bond acceptors (Lipinski definition) is 2. The zero-order valence-corrected chi connectivity index (χ0v) is 11.8. The van der Waals surface area contributed by atoms with Gasteiger partial charge in [-0.05, 0) is 31.1 Å². The quantitative estimate of drug-likeness (QED) is 0.837. The molecule has 0 amide bonds. The van der Waals surface area contributed by atoms with Crippen LogP contribution in [0.15, 0.2) is 12.4 Å². The number of rotatable bonds is 3. The Labute approximate surface area is 115 Å². The minimum absolute atomic E-state index is 0.302. The summed E-state index contributed by atoms with van der Waals surface area (Å²) in [6, 6.07) is 0. The molecule has 104 valence electrons. The summed E-state index contributed by atoms with van der Waals surface area (Å²) in [5, 5.41) is 0. The molecule has 2 aliphatic carbocycles.